The number of hydrogen-bond donors (Lipinski definition) is 0. The van der Waals surface area contributed by atoms with Crippen LogP contribution in [0.2, 0.25) is 0 Å². The summed E-state index contributed by atoms with van der Waals surface area (Å²) in [5.41, 5.74) is 2.35. The van der Waals surface area contributed by atoms with E-state index in [9.17, 15) is 13.2 Å². The molecule has 1 aliphatic rings. The van der Waals surface area contributed by atoms with Gasteiger partial charge in [0.05, 0.1) is 10.9 Å². The van der Waals surface area contributed by atoms with E-state index in [-0.39, 0.29) is 10.7 Å². The Morgan fingerprint density at radius 2 is 1.68 bits per heavy atom. The fourth-order valence-electron chi connectivity index (χ4n) is 3.60. The molecule has 28 heavy (non-hydrogen) atoms. The number of carbonyl (C=O) groups excluding carboxylic acids is 1. The van der Waals surface area contributed by atoms with E-state index in [0.29, 0.717) is 18.7 Å². The van der Waals surface area contributed by atoms with E-state index in [2.05, 4.69) is 20.5 Å². The van der Waals surface area contributed by atoms with E-state index in [0.717, 1.165) is 15.7 Å². The molecule has 0 spiro atoms. The Morgan fingerprint density at radius 1 is 1.00 bits per heavy atom. The molecule has 4 rings (SSSR count). The summed E-state index contributed by atoms with van der Waals surface area (Å²) in [4.78, 5) is 11.7. The Bertz CT molecular complexity index is 1120. The molecule has 7 heteroatoms. The third-order valence-electron chi connectivity index (χ3n) is 5.05. The summed E-state index contributed by atoms with van der Waals surface area (Å²) in [6.45, 7) is 2.44. The lowest BCUT2D eigenvalue weighted by Gasteiger charge is -2.36. The van der Waals surface area contributed by atoms with E-state index in [1.807, 2.05) is 42.6 Å². The highest BCUT2D eigenvalue weighted by Crippen LogP contribution is 2.36. The predicted molar refractivity (Wildman–Crippen MR) is 111 cm³/mol. The van der Waals surface area contributed by atoms with Gasteiger partial charge in [-0.25, -0.2) is 8.42 Å². The first-order valence-corrected chi connectivity index (χ1v) is 11.1. The van der Waals surface area contributed by atoms with Crippen LogP contribution in [-0.4, -0.2) is 29.6 Å². The van der Waals surface area contributed by atoms with Gasteiger partial charge in [-0.2, -0.15) is 4.31 Å². The molecule has 5 nitrogen and oxygen atoms in total. The third kappa shape index (κ3) is 3.34. The lowest BCUT2D eigenvalue weighted by Crippen LogP contribution is -2.42. The van der Waals surface area contributed by atoms with Crippen molar-refractivity contribution >= 4 is 31.7 Å². The smallest absolute Gasteiger partial charge is 0.244 e. The maximum Gasteiger partial charge on any atom is 0.244 e. The molecule has 1 atom stereocenters. The minimum atomic E-state index is -3.74. The van der Waals surface area contributed by atoms with Gasteiger partial charge >= 0.3 is 0 Å². The van der Waals surface area contributed by atoms with Crippen LogP contribution in [0.4, 0.5) is 0 Å². The molecule has 0 amide bonds. The standard InChI is InChI=1S/C21H19BrN2O3S/c1-15(25)16-6-10-19(11-7-16)28(26,27)24-14-13-23-12-2-3-20(23)21(24)17-4-8-18(22)9-5-17/h2-12,21H,13-14H2,1H3. The van der Waals surface area contributed by atoms with E-state index < -0.39 is 16.1 Å². The van der Waals surface area contributed by atoms with Gasteiger partial charge in [0.2, 0.25) is 10.0 Å². The molecule has 1 unspecified atom stereocenters. The van der Waals surface area contributed by atoms with Gasteiger partial charge in [-0.1, -0.05) is 40.2 Å². The maximum atomic E-state index is 13.5. The fourth-order valence-corrected chi connectivity index (χ4v) is 5.44. The van der Waals surface area contributed by atoms with Crippen molar-refractivity contribution in [2.45, 2.75) is 24.4 Å². The monoisotopic (exact) mass is 458 g/mol. The number of ketones is 1. The quantitative estimate of drug-likeness (QED) is 0.549. The number of sulfonamides is 1. The van der Waals surface area contributed by atoms with Gasteiger partial charge in [0.1, 0.15) is 0 Å². The van der Waals surface area contributed by atoms with Crippen LogP contribution in [0.15, 0.2) is 76.2 Å². The van der Waals surface area contributed by atoms with E-state index in [1.54, 1.807) is 16.4 Å². The molecular weight excluding hydrogens is 440 g/mol. The topological polar surface area (TPSA) is 59.4 Å². The van der Waals surface area contributed by atoms with Crippen LogP contribution in [-0.2, 0) is 16.6 Å². The molecule has 144 valence electrons. The number of benzene rings is 2. The van der Waals surface area contributed by atoms with Crippen LogP contribution in [0.3, 0.4) is 0 Å². The zero-order valence-corrected chi connectivity index (χ0v) is 17.7. The molecule has 2 heterocycles. The Kier molecular flexibility index (Phi) is 4.99. The van der Waals surface area contributed by atoms with Crippen molar-refractivity contribution in [2.24, 2.45) is 0 Å². The van der Waals surface area contributed by atoms with Gasteiger partial charge in [-0.15, -0.1) is 0 Å². The first-order chi connectivity index (χ1) is 13.4. The summed E-state index contributed by atoms with van der Waals surface area (Å²) in [7, 11) is -3.74. The molecule has 1 aromatic heterocycles. The van der Waals surface area contributed by atoms with E-state index in [4.69, 9.17) is 0 Å². The minimum absolute atomic E-state index is 0.0903. The average molecular weight is 459 g/mol. The van der Waals surface area contributed by atoms with Gasteiger partial charge in [-0.05, 0) is 48.9 Å². The van der Waals surface area contributed by atoms with Gasteiger partial charge in [0, 0.05) is 35.0 Å². The van der Waals surface area contributed by atoms with Crippen LogP contribution >= 0.6 is 15.9 Å². The molecule has 0 fully saturated rings. The molecule has 0 radical (unpaired) electrons. The normalized spacial score (nSPS) is 17.3. The average Bonchev–Trinajstić information content (AvgIpc) is 3.17. The van der Waals surface area contributed by atoms with Gasteiger partial charge in [-0.3, -0.25) is 4.79 Å². The summed E-state index contributed by atoms with van der Waals surface area (Å²) in [5, 5.41) is 0. The molecule has 0 aliphatic carbocycles. The van der Waals surface area contributed by atoms with Crippen molar-refractivity contribution < 1.29 is 13.2 Å². The molecule has 0 saturated carbocycles. The highest BCUT2D eigenvalue weighted by Gasteiger charge is 2.37. The van der Waals surface area contributed by atoms with Crippen LogP contribution < -0.4 is 0 Å². The van der Waals surface area contributed by atoms with Crippen LogP contribution in [0.1, 0.15) is 34.6 Å². The number of rotatable bonds is 4. The molecule has 2 aromatic carbocycles. The number of hydrogen-bond acceptors (Lipinski definition) is 3. The van der Waals surface area contributed by atoms with Crippen molar-refractivity contribution in [1.29, 1.82) is 0 Å². The zero-order valence-electron chi connectivity index (χ0n) is 15.2. The third-order valence-corrected chi connectivity index (χ3v) is 7.45. The first-order valence-electron chi connectivity index (χ1n) is 8.91. The second kappa shape index (κ2) is 7.31. The SMILES string of the molecule is CC(=O)c1ccc(S(=O)(=O)N2CCn3cccc3C2c2ccc(Br)cc2)cc1. The summed E-state index contributed by atoms with van der Waals surface area (Å²) in [6.07, 6.45) is 1.98. The summed E-state index contributed by atoms with van der Waals surface area (Å²) >= 11 is 3.44. The van der Waals surface area contributed by atoms with Crippen molar-refractivity contribution in [3.05, 3.63) is 88.2 Å². The van der Waals surface area contributed by atoms with Crippen molar-refractivity contribution in [2.75, 3.05) is 6.54 Å². The zero-order chi connectivity index (χ0) is 19.9. The van der Waals surface area contributed by atoms with Crippen molar-refractivity contribution in [1.82, 2.24) is 8.87 Å². The number of nitrogens with zero attached hydrogens (tertiary/aromatic N) is 2. The number of halogens is 1. The maximum absolute atomic E-state index is 13.5. The largest absolute Gasteiger partial charge is 0.348 e. The number of carbonyl (C=O) groups is 1. The minimum Gasteiger partial charge on any atom is -0.348 e. The molecule has 0 bridgehead atoms. The summed E-state index contributed by atoms with van der Waals surface area (Å²) < 4.78 is 31.5. The highest BCUT2D eigenvalue weighted by molar-refractivity contribution is 9.10. The second-order valence-electron chi connectivity index (χ2n) is 6.78. The van der Waals surface area contributed by atoms with Crippen LogP contribution in [0.5, 0.6) is 0 Å². The predicted octanol–water partition coefficient (Wildman–Crippen LogP) is 4.25. The Morgan fingerprint density at radius 3 is 2.32 bits per heavy atom. The lowest BCUT2D eigenvalue weighted by atomic mass is 10.0. The summed E-state index contributed by atoms with van der Waals surface area (Å²) in [6, 6.07) is 17.4. The summed E-state index contributed by atoms with van der Waals surface area (Å²) in [5.74, 6) is -0.0903. The lowest BCUT2D eigenvalue weighted by molar-refractivity contribution is 0.101. The number of Topliss-reactive ketones (excluding diaryl/α,β-unsaturated/α-hetero) is 1. The Hall–Kier alpha value is -2.22. The second-order valence-corrected chi connectivity index (χ2v) is 9.58. The fraction of sp³-hybridized carbons (Fsp3) is 0.190. The Balaban J connectivity index is 1.80. The molecule has 3 aromatic rings. The van der Waals surface area contributed by atoms with E-state index >= 15 is 0 Å². The van der Waals surface area contributed by atoms with Gasteiger partial charge in [0.15, 0.2) is 5.78 Å². The molecule has 1 aliphatic heterocycles. The van der Waals surface area contributed by atoms with Crippen molar-refractivity contribution in [3.8, 4) is 0 Å². The molecular formula is C21H19BrN2O3S. The van der Waals surface area contributed by atoms with Gasteiger partial charge in [0.25, 0.3) is 0 Å². The van der Waals surface area contributed by atoms with Crippen LogP contribution in [0.25, 0.3) is 0 Å². The molecule has 0 saturated heterocycles. The Labute approximate surface area is 172 Å². The van der Waals surface area contributed by atoms with E-state index in [1.165, 1.54) is 19.1 Å². The highest BCUT2D eigenvalue weighted by atomic mass is 79.9. The number of fused-ring (bicyclic) bond motifs is 1. The van der Waals surface area contributed by atoms with Crippen LogP contribution in [0, 0.1) is 0 Å². The first kappa shape index (κ1) is 19.1. The van der Waals surface area contributed by atoms with Gasteiger partial charge < -0.3 is 4.57 Å². The number of aromatic nitrogens is 1. The van der Waals surface area contributed by atoms with Crippen molar-refractivity contribution in [3.63, 3.8) is 0 Å². The molecule has 0 N–H and O–H groups in total.